The Bertz CT molecular complexity index is 893. The van der Waals surface area contributed by atoms with Gasteiger partial charge >= 0.3 is 5.97 Å². The molecule has 0 aliphatic carbocycles. The van der Waals surface area contributed by atoms with Crippen LogP contribution in [0.15, 0.2) is 66.7 Å². The predicted molar refractivity (Wildman–Crippen MR) is 105 cm³/mol. The molecule has 0 bridgehead atoms. The quantitative estimate of drug-likeness (QED) is 0.630. The van der Waals surface area contributed by atoms with E-state index in [2.05, 4.69) is 38.4 Å². The fourth-order valence-electron chi connectivity index (χ4n) is 3.22. The summed E-state index contributed by atoms with van der Waals surface area (Å²) in [7, 11) is 0. The molecule has 3 aromatic carbocycles. The van der Waals surface area contributed by atoms with Crippen LogP contribution in [0.4, 0.5) is 5.69 Å². The van der Waals surface area contributed by atoms with E-state index >= 15 is 0 Å². The molecular formula is C23H23NO2. The first-order valence-corrected chi connectivity index (χ1v) is 8.71. The van der Waals surface area contributed by atoms with Gasteiger partial charge in [0.05, 0.1) is 11.3 Å². The lowest BCUT2D eigenvalue weighted by molar-refractivity contribution is 0.0595. The van der Waals surface area contributed by atoms with Crippen LogP contribution in [-0.4, -0.2) is 5.97 Å². The van der Waals surface area contributed by atoms with E-state index in [0.29, 0.717) is 12.0 Å². The second-order valence-corrected chi connectivity index (χ2v) is 6.57. The molecule has 0 heterocycles. The number of anilines is 1. The van der Waals surface area contributed by atoms with Crippen LogP contribution < -0.4 is 5.48 Å². The molecule has 132 valence electrons. The van der Waals surface area contributed by atoms with Gasteiger partial charge < -0.3 is 4.84 Å². The first-order chi connectivity index (χ1) is 12.5. The molecule has 0 saturated carbocycles. The fraction of sp³-hybridized carbons (Fsp3) is 0.174. The smallest absolute Gasteiger partial charge is 0.338 e. The molecule has 3 nitrogen and oxygen atoms in total. The first kappa shape index (κ1) is 17.7. The van der Waals surface area contributed by atoms with Crippen LogP contribution in [-0.2, 0) is 11.3 Å². The molecule has 0 aromatic heterocycles. The lowest BCUT2D eigenvalue weighted by Crippen LogP contribution is -2.13. The molecule has 0 amide bonds. The summed E-state index contributed by atoms with van der Waals surface area (Å²) in [5.74, 6) is -0.383. The van der Waals surface area contributed by atoms with E-state index in [1.807, 2.05) is 54.6 Å². The Hall–Kier alpha value is -3.07. The predicted octanol–water partition coefficient (Wildman–Crippen LogP) is 5.39. The van der Waals surface area contributed by atoms with Crippen LogP contribution in [0, 0.1) is 20.8 Å². The first-order valence-electron chi connectivity index (χ1n) is 8.71. The molecule has 26 heavy (non-hydrogen) atoms. The maximum atomic E-state index is 12.6. The number of nitrogens with one attached hydrogen (secondary N) is 1. The zero-order chi connectivity index (χ0) is 18.5. The number of hydrogen-bond donors (Lipinski definition) is 1. The zero-order valence-corrected chi connectivity index (χ0v) is 15.4. The van der Waals surface area contributed by atoms with Gasteiger partial charge in [0, 0.05) is 0 Å². The molecule has 0 aliphatic rings. The molecule has 0 unspecified atom stereocenters. The topological polar surface area (TPSA) is 38.3 Å². The van der Waals surface area contributed by atoms with Crippen molar-refractivity contribution in [1.29, 1.82) is 0 Å². The van der Waals surface area contributed by atoms with Gasteiger partial charge in [-0.1, -0.05) is 54.1 Å². The van der Waals surface area contributed by atoms with Crippen molar-refractivity contribution in [2.24, 2.45) is 0 Å². The minimum absolute atomic E-state index is 0.383. The fourth-order valence-corrected chi connectivity index (χ4v) is 3.22. The number of hydrogen-bond acceptors (Lipinski definition) is 3. The Morgan fingerprint density at radius 2 is 1.50 bits per heavy atom. The summed E-state index contributed by atoms with van der Waals surface area (Å²) in [5, 5.41) is 0. The van der Waals surface area contributed by atoms with Gasteiger partial charge in [0.15, 0.2) is 0 Å². The van der Waals surface area contributed by atoms with Crippen molar-refractivity contribution in [2.45, 2.75) is 27.2 Å². The third kappa shape index (κ3) is 4.12. The zero-order valence-electron chi connectivity index (χ0n) is 15.4. The Labute approximate surface area is 154 Å². The Morgan fingerprint density at radius 1 is 0.885 bits per heavy atom. The third-order valence-corrected chi connectivity index (χ3v) is 4.48. The van der Waals surface area contributed by atoms with Gasteiger partial charge in [-0.3, -0.25) is 0 Å². The summed E-state index contributed by atoms with van der Waals surface area (Å²) in [6, 6.07) is 21.3. The van der Waals surface area contributed by atoms with Gasteiger partial charge in [-0.2, -0.15) is 0 Å². The average Bonchev–Trinajstić information content (AvgIpc) is 2.64. The van der Waals surface area contributed by atoms with Crippen molar-refractivity contribution < 1.29 is 9.63 Å². The molecule has 0 spiro atoms. The van der Waals surface area contributed by atoms with Crippen molar-refractivity contribution in [2.75, 3.05) is 5.48 Å². The number of aryl methyl sites for hydroxylation is 3. The Morgan fingerprint density at radius 3 is 2.19 bits per heavy atom. The minimum atomic E-state index is -0.383. The highest BCUT2D eigenvalue weighted by atomic mass is 16.7. The van der Waals surface area contributed by atoms with E-state index in [0.717, 1.165) is 11.3 Å². The second-order valence-electron chi connectivity index (χ2n) is 6.57. The summed E-state index contributed by atoms with van der Waals surface area (Å²) in [5.41, 5.74) is 9.99. The molecule has 3 rings (SSSR count). The van der Waals surface area contributed by atoms with Crippen molar-refractivity contribution in [3.63, 3.8) is 0 Å². The molecular weight excluding hydrogens is 322 g/mol. The summed E-state index contributed by atoms with van der Waals surface area (Å²) in [4.78, 5) is 17.9. The van der Waals surface area contributed by atoms with Crippen LogP contribution in [0.25, 0.3) is 0 Å². The van der Waals surface area contributed by atoms with E-state index < -0.39 is 0 Å². The maximum Gasteiger partial charge on any atom is 0.363 e. The summed E-state index contributed by atoms with van der Waals surface area (Å²) in [6.07, 6.45) is 0.703. The van der Waals surface area contributed by atoms with Gasteiger partial charge in [0.2, 0.25) is 0 Å². The molecule has 1 N–H and O–H groups in total. The van der Waals surface area contributed by atoms with E-state index in [4.69, 9.17) is 4.84 Å². The van der Waals surface area contributed by atoms with Crippen LogP contribution >= 0.6 is 0 Å². The van der Waals surface area contributed by atoms with Crippen LogP contribution in [0.5, 0.6) is 0 Å². The summed E-state index contributed by atoms with van der Waals surface area (Å²) in [6.45, 7) is 6.34. The molecule has 0 radical (unpaired) electrons. The number of carbonyl (C=O) groups is 1. The summed E-state index contributed by atoms with van der Waals surface area (Å²) < 4.78 is 0. The third-order valence-electron chi connectivity index (χ3n) is 4.48. The van der Waals surface area contributed by atoms with Crippen LogP contribution in [0.2, 0.25) is 0 Å². The number of benzene rings is 3. The van der Waals surface area contributed by atoms with E-state index in [-0.39, 0.29) is 5.97 Å². The number of carbonyl (C=O) groups excluding carboxylic acids is 1. The normalized spacial score (nSPS) is 10.4. The highest BCUT2D eigenvalue weighted by Gasteiger charge is 2.15. The number of para-hydroxylation sites is 1. The van der Waals surface area contributed by atoms with Crippen LogP contribution in [0.1, 0.15) is 38.2 Å². The second kappa shape index (κ2) is 7.87. The lowest BCUT2D eigenvalue weighted by Gasteiger charge is -2.14. The van der Waals surface area contributed by atoms with Gasteiger partial charge in [-0.15, -0.1) is 0 Å². The Kier molecular flexibility index (Phi) is 5.37. The highest BCUT2D eigenvalue weighted by molar-refractivity contribution is 5.91. The van der Waals surface area contributed by atoms with E-state index in [1.54, 1.807) is 0 Å². The molecule has 0 aliphatic heterocycles. The lowest BCUT2D eigenvalue weighted by atomic mass is 9.92. The molecule has 0 fully saturated rings. The average molecular weight is 345 g/mol. The SMILES string of the molecule is Cc1cc(C)c(Cc2ccccc2C(=O)ONc2ccccc2)c(C)c1. The van der Waals surface area contributed by atoms with Gasteiger partial charge in [-0.05, 0) is 67.6 Å². The van der Waals surface area contributed by atoms with Gasteiger partial charge in [-0.25, -0.2) is 10.3 Å². The molecule has 3 aromatic rings. The van der Waals surface area contributed by atoms with Crippen molar-refractivity contribution in [1.82, 2.24) is 0 Å². The minimum Gasteiger partial charge on any atom is -0.338 e. The number of rotatable bonds is 5. The molecule has 0 atom stereocenters. The molecule has 3 heteroatoms. The summed E-state index contributed by atoms with van der Waals surface area (Å²) >= 11 is 0. The standard InChI is InChI=1S/C23H23NO2/c1-16-13-17(2)22(18(3)14-16)15-19-9-7-8-12-21(19)23(25)26-24-20-10-5-4-6-11-20/h4-14,24H,15H2,1-3H3. The maximum absolute atomic E-state index is 12.6. The largest absolute Gasteiger partial charge is 0.363 e. The van der Waals surface area contributed by atoms with Crippen molar-refractivity contribution in [3.05, 3.63) is 100 Å². The monoisotopic (exact) mass is 345 g/mol. The molecule has 0 saturated heterocycles. The van der Waals surface area contributed by atoms with Gasteiger partial charge in [0.25, 0.3) is 0 Å². The van der Waals surface area contributed by atoms with Crippen molar-refractivity contribution in [3.8, 4) is 0 Å². The van der Waals surface area contributed by atoms with E-state index in [1.165, 1.54) is 22.3 Å². The Balaban J connectivity index is 1.81. The highest BCUT2D eigenvalue weighted by Crippen LogP contribution is 2.22. The van der Waals surface area contributed by atoms with Crippen molar-refractivity contribution >= 4 is 11.7 Å². The van der Waals surface area contributed by atoms with Gasteiger partial charge in [0.1, 0.15) is 0 Å². The van der Waals surface area contributed by atoms with Crippen LogP contribution in [0.3, 0.4) is 0 Å². The van der Waals surface area contributed by atoms with E-state index in [9.17, 15) is 4.79 Å².